The highest BCUT2D eigenvalue weighted by molar-refractivity contribution is 7.18. The molecule has 3 heterocycles. The van der Waals surface area contributed by atoms with Gasteiger partial charge in [0.05, 0.1) is 19.3 Å². The molecule has 3 rings (SSSR count). The van der Waals surface area contributed by atoms with Crippen LogP contribution in [0.4, 0.5) is 9.93 Å². The molecule has 0 unspecified atom stereocenters. The molecule has 1 N–H and O–H groups in total. The lowest BCUT2D eigenvalue weighted by atomic mass is 10.3. The van der Waals surface area contributed by atoms with Crippen LogP contribution in [0.3, 0.4) is 0 Å². The second-order valence-electron chi connectivity index (χ2n) is 4.67. The Morgan fingerprint density at radius 2 is 2.38 bits per heavy atom. The summed E-state index contributed by atoms with van der Waals surface area (Å²) in [5.74, 6) is 0. The lowest BCUT2D eigenvalue weighted by Crippen LogP contribution is -2.48. The highest BCUT2D eigenvalue weighted by atomic mass is 32.1. The number of urea groups is 1. The number of amides is 2. The van der Waals surface area contributed by atoms with E-state index in [0.717, 1.165) is 5.69 Å². The summed E-state index contributed by atoms with van der Waals surface area (Å²) in [7, 11) is 0. The minimum atomic E-state index is -0.172. The molecule has 8 heteroatoms. The second kappa shape index (κ2) is 6.15. The smallest absolute Gasteiger partial charge is 0.324 e. The summed E-state index contributed by atoms with van der Waals surface area (Å²) in [4.78, 5) is 18.2. The van der Waals surface area contributed by atoms with Crippen LogP contribution in [0.25, 0.3) is 10.7 Å². The first kappa shape index (κ1) is 13.9. The van der Waals surface area contributed by atoms with Gasteiger partial charge in [0, 0.05) is 12.7 Å². The average Bonchev–Trinajstić information content (AvgIpc) is 2.97. The van der Waals surface area contributed by atoms with E-state index < -0.39 is 0 Å². The molecule has 2 amide bonds. The Bertz CT molecular complexity index is 618. The van der Waals surface area contributed by atoms with E-state index in [2.05, 4.69) is 20.5 Å². The Hall–Kier alpha value is -2.06. The van der Waals surface area contributed by atoms with Crippen molar-refractivity contribution in [3.63, 3.8) is 0 Å². The summed E-state index contributed by atoms with van der Waals surface area (Å²) in [6, 6.07) is 5.47. The Balaban J connectivity index is 1.68. The summed E-state index contributed by atoms with van der Waals surface area (Å²) in [6.45, 7) is 3.66. The first-order valence-corrected chi connectivity index (χ1v) is 7.46. The number of nitrogens with one attached hydrogen (secondary N) is 1. The van der Waals surface area contributed by atoms with E-state index in [0.29, 0.717) is 29.9 Å². The zero-order chi connectivity index (χ0) is 14.7. The number of hydrogen-bond donors (Lipinski definition) is 1. The molecule has 21 heavy (non-hydrogen) atoms. The van der Waals surface area contributed by atoms with Crippen LogP contribution in [-0.4, -0.2) is 51.9 Å². The molecule has 1 atom stereocenters. The number of anilines is 1. The highest BCUT2D eigenvalue weighted by Gasteiger charge is 2.24. The molecule has 1 aliphatic heterocycles. The van der Waals surface area contributed by atoms with Crippen LogP contribution in [0.2, 0.25) is 0 Å². The van der Waals surface area contributed by atoms with E-state index in [1.807, 2.05) is 25.1 Å². The third-order valence-corrected chi connectivity index (χ3v) is 4.01. The van der Waals surface area contributed by atoms with Crippen molar-refractivity contribution in [3.8, 4) is 10.7 Å². The largest absolute Gasteiger partial charge is 0.377 e. The van der Waals surface area contributed by atoms with Crippen molar-refractivity contribution in [3.05, 3.63) is 24.4 Å². The summed E-state index contributed by atoms with van der Waals surface area (Å²) < 4.78 is 5.32. The van der Waals surface area contributed by atoms with Gasteiger partial charge in [0.25, 0.3) is 0 Å². The van der Waals surface area contributed by atoms with E-state index in [9.17, 15) is 4.79 Å². The molecular weight excluding hydrogens is 290 g/mol. The molecule has 0 bridgehead atoms. The quantitative estimate of drug-likeness (QED) is 0.916. The molecule has 1 aliphatic rings. The topological polar surface area (TPSA) is 80.2 Å². The van der Waals surface area contributed by atoms with Gasteiger partial charge >= 0.3 is 6.03 Å². The molecule has 1 saturated heterocycles. The molecule has 0 aliphatic carbocycles. The van der Waals surface area contributed by atoms with E-state index >= 15 is 0 Å². The molecular formula is C13H15N5O2S. The minimum absolute atomic E-state index is 0.0573. The Labute approximate surface area is 126 Å². The Morgan fingerprint density at radius 1 is 1.48 bits per heavy atom. The van der Waals surface area contributed by atoms with E-state index in [1.54, 1.807) is 11.1 Å². The van der Waals surface area contributed by atoms with Crippen LogP contribution >= 0.6 is 11.3 Å². The lowest BCUT2D eigenvalue weighted by molar-refractivity contribution is 0.0221. The van der Waals surface area contributed by atoms with Gasteiger partial charge in [0.1, 0.15) is 5.69 Å². The lowest BCUT2D eigenvalue weighted by Gasteiger charge is -2.32. The van der Waals surface area contributed by atoms with Crippen LogP contribution in [0, 0.1) is 0 Å². The molecule has 2 aromatic heterocycles. The molecule has 0 radical (unpaired) electrons. The van der Waals surface area contributed by atoms with Crippen molar-refractivity contribution in [1.82, 2.24) is 20.1 Å². The van der Waals surface area contributed by atoms with Crippen molar-refractivity contribution in [2.24, 2.45) is 0 Å². The number of pyridine rings is 1. The van der Waals surface area contributed by atoms with Gasteiger partial charge in [-0.25, -0.2) is 4.79 Å². The van der Waals surface area contributed by atoms with Gasteiger partial charge in [-0.05, 0) is 19.1 Å². The number of rotatable bonds is 2. The average molecular weight is 305 g/mol. The standard InChI is InChI=1S/C13H15N5O2S/c1-9-8-20-7-6-18(9)13(19)15-12-17-16-11(21-12)10-4-2-3-5-14-10/h2-5,9H,6-8H2,1H3,(H,15,17,19)/t9-/m0/s1. The zero-order valence-electron chi connectivity index (χ0n) is 11.5. The van der Waals surface area contributed by atoms with Crippen molar-refractivity contribution < 1.29 is 9.53 Å². The van der Waals surface area contributed by atoms with Crippen molar-refractivity contribution in [2.45, 2.75) is 13.0 Å². The normalized spacial score (nSPS) is 18.5. The number of carbonyl (C=O) groups is 1. The van der Waals surface area contributed by atoms with Gasteiger partial charge in [-0.2, -0.15) is 0 Å². The van der Waals surface area contributed by atoms with Gasteiger partial charge in [0.2, 0.25) is 5.13 Å². The van der Waals surface area contributed by atoms with Crippen LogP contribution in [0.1, 0.15) is 6.92 Å². The number of aromatic nitrogens is 3. The predicted molar refractivity (Wildman–Crippen MR) is 79.1 cm³/mol. The van der Waals surface area contributed by atoms with Gasteiger partial charge in [-0.15, -0.1) is 10.2 Å². The Morgan fingerprint density at radius 3 is 3.14 bits per heavy atom. The van der Waals surface area contributed by atoms with Gasteiger partial charge in [-0.1, -0.05) is 17.4 Å². The number of nitrogens with zero attached hydrogens (tertiary/aromatic N) is 4. The molecule has 2 aromatic rings. The minimum Gasteiger partial charge on any atom is -0.377 e. The number of ether oxygens (including phenoxy) is 1. The molecule has 7 nitrogen and oxygen atoms in total. The summed E-state index contributed by atoms with van der Waals surface area (Å²) in [5, 5.41) is 12.0. The molecule has 0 saturated carbocycles. The third kappa shape index (κ3) is 3.17. The van der Waals surface area contributed by atoms with Crippen LogP contribution in [-0.2, 0) is 4.74 Å². The number of carbonyl (C=O) groups excluding carboxylic acids is 1. The third-order valence-electron chi connectivity index (χ3n) is 3.15. The molecule has 0 aromatic carbocycles. The Kier molecular flexibility index (Phi) is 4.07. The van der Waals surface area contributed by atoms with E-state index in [4.69, 9.17) is 4.74 Å². The molecule has 1 fully saturated rings. The van der Waals surface area contributed by atoms with Gasteiger partial charge < -0.3 is 9.64 Å². The maximum atomic E-state index is 12.2. The fraction of sp³-hybridized carbons (Fsp3) is 0.385. The highest BCUT2D eigenvalue weighted by Crippen LogP contribution is 2.24. The zero-order valence-corrected chi connectivity index (χ0v) is 12.3. The van der Waals surface area contributed by atoms with Gasteiger partial charge in [-0.3, -0.25) is 10.3 Å². The fourth-order valence-corrected chi connectivity index (χ4v) is 2.77. The van der Waals surface area contributed by atoms with Crippen molar-refractivity contribution in [1.29, 1.82) is 0 Å². The maximum absolute atomic E-state index is 12.2. The van der Waals surface area contributed by atoms with E-state index in [-0.39, 0.29) is 12.1 Å². The number of hydrogen-bond acceptors (Lipinski definition) is 6. The molecule has 0 spiro atoms. The van der Waals surface area contributed by atoms with Crippen molar-refractivity contribution >= 4 is 22.5 Å². The van der Waals surface area contributed by atoms with Crippen LogP contribution < -0.4 is 5.32 Å². The summed E-state index contributed by atoms with van der Waals surface area (Å²) in [6.07, 6.45) is 1.70. The van der Waals surface area contributed by atoms with Crippen molar-refractivity contribution in [2.75, 3.05) is 25.1 Å². The number of morpholine rings is 1. The first-order valence-electron chi connectivity index (χ1n) is 6.64. The summed E-state index contributed by atoms with van der Waals surface area (Å²) >= 11 is 1.30. The first-order chi connectivity index (χ1) is 10.2. The van der Waals surface area contributed by atoms with Crippen LogP contribution in [0.5, 0.6) is 0 Å². The predicted octanol–water partition coefficient (Wildman–Crippen LogP) is 1.85. The monoisotopic (exact) mass is 305 g/mol. The van der Waals surface area contributed by atoms with Crippen LogP contribution in [0.15, 0.2) is 24.4 Å². The van der Waals surface area contributed by atoms with Gasteiger partial charge in [0.15, 0.2) is 5.01 Å². The second-order valence-corrected chi connectivity index (χ2v) is 5.65. The summed E-state index contributed by atoms with van der Waals surface area (Å²) in [5.41, 5.74) is 0.746. The maximum Gasteiger partial charge on any atom is 0.324 e. The molecule has 110 valence electrons. The fourth-order valence-electron chi connectivity index (χ4n) is 2.06. The van der Waals surface area contributed by atoms with E-state index in [1.165, 1.54) is 11.3 Å². The SMILES string of the molecule is C[C@H]1COCCN1C(=O)Nc1nnc(-c2ccccn2)s1.